The first-order chi connectivity index (χ1) is 8.22. The number of nitriles is 1. The van der Waals surface area contributed by atoms with Crippen LogP contribution in [0.4, 0.5) is 0 Å². The van der Waals surface area contributed by atoms with Gasteiger partial charge in [0.25, 0.3) is 0 Å². The van der Waals surface area contributed by atoms with Gasteiger partial charge in [-0.25, -0.2) is 4.79 Å². The summed E-state index contributed by atoms with van der Waals surface area (Å²) < 4.78 is 0. The average molecular weight is 223 g/mol. The molecule has 17 heavy (non-hydrogen) atoms. The number of benzene rings is 2. The van der Waals surface area contributed by atoms with E-state index in [1.807, 2.05) is 36.4 Å². The third-order valence-corrected chi connectivity index (χ3v) is 2.47. The molecular weight excluding hydrogens is 214 g/mol. The summed E-state index contributed by atoms with van der Waals surface area (Å²) in [6.07, 6.45) is 1.39. The van der Waals surface area contributed by atoms with Gasteiger partial charge in [0.15, 0.2) is 0 Å². The second kappa shape index (κ2) is 4.50. The monoisotopic (exact) mass is 223 g/mol. The molecule has 2 aromatic rings. The van der Waals surface area contributed by atoms with Gasteiger partial charge in [-0.15, -0.1) is 0 Å². The molecule has 0 atom stereocenters. The van der Waals surface area contributed by atoms with E-state index in [9.17, 15) is 4.79 Å². The predicted octanol–water partition coefficient (Wildman–Crippen LogP) is 2.83. The molecular formula is C14H9NO2. The van der Waals surface area contributed by atoms with Crippen molar-refractivity contribution in [1.29, 1.82) is 5.26 Å². The number of carbonyl (C=O) groups is 1. The van der Waals surface area contributed by atoms with E-state index in [-0.39, 0.29) is 5.57 Å². The van der Waals surface area contributed by atoms with Gasteiger partial charge >= 0.3 is 5.97 Å². The van der Waals surface area contributed by atoms with Crippen LogP contribution in [0.15, 0.2) is 48.0 Å². The fourth-order valence-electron chi connectivity index (χ4n) is 1.67. The summed E-state index contributed by atoms with van der Waals surface area (Å²) in [5.74, 6) is -1.21. The van der Waals surface area contributed by atoms with Crippen molar-refractivity contribution in [2.24, 2.45) is 0 Å². The van der Waals surface area contributed by atoms with Gasteiger partial charge in [-0.05, 0) is 22.4 Å². The molecule has 2 rings (SSSR count). The summed E-state index contributed by atoms with van der Waals surface area (Å²) in [4.78, 5) is 10.8. The van der Waals surface area contributed by atoms with Crippen molar-refractivity contribution in [3.05, 3.63) is 53.6 Å². The van der Waals surface area contributed by atoms with Gasteiger partial charge in [0.05, 0.1) is 0 Å². The Bertz CT molecular complexity index is 645. The minimum Gasteiger partial charge on any atom is -0.477 e. The van der Waals surface area contributed by atoms with Crippen LogP contribution in [-0.4, -0.2) is 11.1 Å². The fourth-order valence-corrected chi connectivity index (χ4v) is 1.67. The van der Waals surface area contributed by atoms with E-state index in [0.29, 0.717) is 0 Å². The first kappa shape index (κ1) is 10.9. The Morgan fingerprint density at radius 2 is 1.88 bits per heavy atom. The summed E-state index contributed by atoms with van der Waals surface area (Å²) in [5.41, 5.74) is 0.475. The molecule has 1 N–H and O–H groups in total. The van der Waals surface area contributed by atoms with Gasteiger partial charge < -0.3 is 5.11 Å². The maximum absolute atomic E-state index is 10.8. The standard InChI is InChI=1S/C14H9NO2/c15-9-12(14(16)17)8-11-6-3-5-10-4-1-2-7-13(10)11/h1-8H,(H,16,17). The third kappa shape index (κ3) is 2.16. The van der Waals surface area contributed by atoms with Gasteiger partial charge in [0.1, 0.15) is 11.6 Å². The van der Waals surface area contributed by atoms with Crippen LogP contribution >= 0.6 is 0 Å². The zero-order chi connectivity index (χ0) is 12.3. The van der Waals surface area contributed by atoms with Crippen molar-refractivity contribution in [2.45, 2.75) is 0 Å². The van der Waals surface area contributed by atoms with Crippen LogP contribution in [0.5, 0.6) is 0 Å². The summed E-state index contributed by atoms with van der Waals surface area (Å²) in [5, 5.41) is 19.5. The lowest BCUT2D eigenvalue weighted by Gasteiger charge is -2.01. The Morgan fingerprint density at radius 3 is 2.59 bits per heavy atom. The summed E-state index contributed by atoms with van der Waals surface area (Å²) in [6, 6.07) is 14.9. The summed E-state index contributed by atoms with van der Waals surface area (Å²) in [7, 11) is 0. The average Bonchev–Trinajstić information content (AvgIpc) is 2.35. The van der Waals surface area contributed by atoms with Crippen molar-refractivity contribution in [1.82, 2.24) is 0 Å². The highest BCUT2D eigenvalue weighted by Crippen LogP contribution is 2.20. The van der Waals surface area contributed by atoms with Crippen LogP contribution in [0, 0.1) is 11.3 Å². The number of aliphatic carboxylic acids is 1. The molecule has 0 aromatic heterocycles. The van der Waals surface area contributed by atoms with Gasteiger partial charge in [-0.1, -0.05) is 42.5 Å². The molecule has 0 bridgehead atoms. The van der Waals surface area contributed by atoms with E-state index in [1.54, 1.807) is 12.1 Å². The van der Waals surface area contributed by atoms with Crippen molar-refractivity contribution in [2.75, 3.05) is 0 Å². The molecule has 0 fully saturated rings. The Labute approximate surface area is 98.2 Å². The smallest absolute Gasteiger partial charge is 0.346 e. The lowest BCUT2D eigenvalue weighted by molar-refractivity contribution is -0.132. The number of fused-ring (bicyclic) bond motifs is 1. The van der Waals surface area contributed by atoms with Crippen molar-refractivity contribution >= 4 is 22.8 Å². The quantitative estimate of drug-likeness (QED) is 0.629. The highest BCUT2D eigenvalue weighted by atomic mass is 16.4. The highest BCUT2D eigenvalue weighted by molar-refractivity contribution is 6.00. The number of rotatable bonds is 2. The van der Waals surface area contributed by atoms with E-state index in [1.165, 1.54) is 6.08 Å². The Kier molecular flexibility index (Phi) is 2.89. The molecule has 0 unspecified atom stereocenters. The zero-order valence-electron chi connectivity index (χ0n) is 8.92. The van der Waals surface area contributed by atoms with Crippen molar-refractivity contribution in [3.8, 4) is 6.07 Å². The molecule has 0 aliphatic heterocycles. The molecule has 0 aliphatic rings. The maximum Gasteiger partial charge on any atom is 0.346 e. The van der Waals surface area contributed by atoms with E-state index in [4.69, 9.17) is 10.4 Å². The number of hydrogen-bond acceptors (Lipinski definition) is 2. The number of carboxylic acids is 1. The summed E-state index contributed by atoms with van der Waals surface area (Å²) in [6.45, 7) is 0. The lowest BCUT2D eigenvalue weighted by atomic mass is 10.0. The normalized spacial score (nSPS) is 11.1. The van der Waals surface area contributed by atoms with Crippen LogP contribution in [0.1, 0.15) is 5.56 Å². The zero-order valence-corrected chi connectivity index (χ0v) is 8.92. The Hall–Kier alpha value is -2.60. The minimum absolute atomic E-state index is 0.263. The molecule has 2 aromatic carbocycles. The molecule has 82 valence electrons. The van der Waals surface area contributed by atoms with Crippen LogP contribution in [0.2, 0.25) is 0 Å². The van der Waals surface area contributed by atoms with Crippen LogP contribution in [0.25, 0.3) is 16.8 Å². The molecule has 3 heteroatoms. The SMILES string of the molecule is N#CC(=Cc1cccc2ccccc12)C(=O)O. The molecule has 3 nitrogen and oxygen atoms in total. The molecule has 0 heterocycles. The van der Waals surface area contributed by atoms with Crippen molar-refractivity contribution < 1.29 is 9.90 Å². The van der Waals surface area contributed by atoms with E-state index in [0.717, 1.165) is 16.3 Å². The molecule has 0 saturated heterocycles. The molecule has 0 radical (unpaired) electrons. The second-order valence-corrected chi connectivity index (χ2v) is 3.54. The fraction of sp³-hybridized carbons (Fsp3) is 0. The predicted molar refractivity (Wildman–Crippen MR) is 65.2 cm³/mol. The van der Waals surface area contributed by atoms with E-state index < -0.39 is 5.97 Å². The molecule has 0 saturated carbocycles. The largest absolute Gasteiger partial charge is 0.477 e. The van der Waals surface area contributed by atoms with Crippen LogP contribution in [-0.2, 0) is 4.79 Å². The number of carboxylic acid groups (broad SMARTS) is 1. The first-order valence-electron chi connectivity index (χ1n) is 5.05. The van der Waals surface area contributed by atoms with Crippen molar-refractivity contribution in [3.63, 3.8) is 0 Å². The van der Waals surface area contributed by atoms with Gasteiger partial charge in [-0.2, -0.15) is 5.26 Å². The van der Waals surface area contributed by atoms with E-state index in [2.05, 4.69) is 0 Å². The third-order valence-electron chi connectivity index (χ3n) is 2.47. The number of hydrogen-bond donors (Lipinski definition) is 1. The maximum atomic E-state index is 10.8. The molecule has 0 amide bonds. The Morgan fingerprint density at radius 1 is 1.18 bits per heavy atom. The molecule has 0 aliphatic carbocycles. The minimum atomic E-state index is -1.21. The topological polar surface area (TPSA) is 61.1 Å². The second-order valence-electron chi connectivity index (χ2n) is 3.54. The van der Waals surface area contributed by atoms with Gasteiger partial charge in [-0.3, -0.25) is 0 Å². The lowest BCUT2D eigenvalue weighted by Crippen LogP contribution is -1.97. The molecule has 0 spiro atoms. The highest BCUT2D eigenvalue weighted by Gasteiger charge is 2.06. The number of nitrogens with zero attached hydrogens (tertiary/aromatic N) is 1. The Balaban J connectivity index is 2.65. The van der Waals surface area contributed by atoms with Crippen LogP contribution in [0.3, 0.4) is 0 Å². The first-order valence-corrected chi connectivity index (χ1v) is 5.05. The van der Waals surface area contributed by atoms with E-state index >= 15 is 0 Å². The summed E-state index contributed by atoms with van der Waals surface area (Å²) >= 11 is 0. The van der Waals surface area contributed by atoms with Gasteiger partial charge in [0.2, 0.25) is 0 Å². The van der Waals surface area contributed by atoms with Gasteiger partial charge in [0, 0.05) is 0 Å². The van der Waals surface area contributed by atoms with Crippen LogP contribution < -0.4 is 0 Å².